The second-order valence-corrected chi connectivity index (χ2v) is 11.1. The van der Waals surface area contributed by atoms with Gasteiger partial charge in [0.15, 0.2) is 11.0 Å². The van der Waals surface area contributed by atoms with Gasteiger partial charge in [0, 0.05) is 18.7 Å². The van der Waals surface area contributed by atoms with Gasteiger partial charge >= 0.3 is 18.5 Å². The smallest absolute Gasteiger partial charge is 0.416 e. The van der Waals surface area contributed by atoms with Gasteiger partial charge in [-0.1, -0.05) is 6.08 Å². The third kappa shape index (κ3) is 6.92. The lowest BCUT2D eigenvalue weighted by Crippen LogP contribution is -2.35. The quantitative estimate of drug-likeness (QED) is 0.185. The van der Waals surface area contributed by atoms with E-state index in [0.717, 1.165) is 34.9 Å². The number of imidazole rings is 1. The summed E-state index contributed by atoms with van der Waals surface area (Å²) in [4.78, 5) is 2.04. The molecule has 2 heterocycles. The van der Waals surface area contributed by atoms with Crippen LogP contribution in [0.1, 0.15) is 23.9 Å². The van der Waals surface area contributed by atoms with E-state index >= 15 is 0 Å². The lowest BCUT2D eigenvalue weighted by Gasteiger charge is -2.25. The Kier molecular flexibility index (Phi) is 8.29. The molecule has 4 rings (SSSR count). The number of benzene rings is 2. The van der Waals surface area contributed by atoms with Crippen molar-refractivity contribution >= 4 is 38.6 Å². The fourth-order valence-electron chi connectivity index (χ4n) is 4.88. The molecular formula is C26H23F9N4O3S. The van der Waals surface area contributed by atoms with Gasteiger partial charge in [0.25, 0.3) is 5.82 Å². The summed E-state index contributed by atoms with van der Waals surface area (Å²) < 4.78 is 158. The van der Waals surface area contributed by atoms with E-state index in [2.05, 4.69) is 0 Å². The maximum Gasteiger partial charge on any atom is 0.416 e. The van der Waals surface area contributed by atoms with Crippen LogP contribution in [0.5, 0.6) is 0 Å². The molecule has 1 aliphatic heterocycles. The Morgan fingerprint density at radius 3 is 2.05 bits per heavy atom. The largest absolute Gasteiger partial charge is 0.748 e. The standard InChI is InChI=1S/C26H23F9N4O3S/c1-3-37-19-10-8-17(26(33,34)35)14-21(19)39(15-24(27,28)29)23(37)6-4-5-22-36(2)18-9-7-16(25(30,31)32)13-20(18)38(22)11-12-43(40,41)42/h4-10,13-14H,3,11-12,15H2,1-2H3. The number of rotatable bonds is 7. The third-order valence-corrected chi connectivity index (χ3v) is 7.40. The summed E-state index contributed by atoms with van der Waals surface area (Å²) >= 11 is 0. The molecule has 7 nitrogen and oxygen atoms in total. The highest BCUT2D eigenvalue weighted by Gasteiger charge is 2.41. The third-order valence-electron chi connectivity index (χ3n) is 6.72. The van der Waals surface area contributed by atoms with Crippen molar-refractivity contribution in [3.63, 3.8) is 0 Å². The SMILES string of the molecule is CCN1/C(=C\C=C\c2n(CCS(=O)(=O)[O-])c3cc(C(F)(F)F)ccc3[n+]2C)N(CC(F)(F)F)c2cc(C(F)(F)F)ccc21. The van der Waals surface area contributed by atoms with Crippen molar-refractivity contribution in [1.29, 1.82) is 0 Å². The highest BCUT2D eigenvalue weighted by molar-refractivity contribution is 7.85. The van der Waals surface area contributed by atoms with Crippen molar-refractivity contribution in [1.82, 2.24) is 4.57 Å². The van der Waals surface area contributed by atoms with Gasteiger partial charge in [0.1, 0.15) is 18.9 Å². The molecule has 0 spiro atoms. The first-order valence-electron chi connectivity index (χ1n) is 12.5. The van der Waals surface area contributed by atoms with E-state index in [1.54, 1.807) is 6.92 Å². The highest BCUT2D eigenvalue weighted by Crippen LogP contribution is 2.45. The van der Waals surface area contributed by atoms with Crippen LogP contribution in [0.3, 0.4) is 0 Å². The van der Waals surface area contributed by atoms with E-state index in [0.29, 0.717) is 11.0 Å². The molecule has 1 aliphatic rings. The molecule has 0 aliphatic carbocycles. The molecular weight excluding hydrogens is 619 g/mol. The molecule has 43 heavy (non-hydrogen) atoms. The number of halogens is 9. The lowest BCUT2D eigenvalue weighted by atomic mass is 10.1. The van der Waals surface area contributed by atoms with Crippen LogP contribution in [0.2, 0.25) is 0 Å². The van der Waals surface area contributed by atoms with Crippen LogP contribution in [0.15, 0.2) is 54.4 Å². The number of fused-ring (bicyclic) bond motifs is 2. The molecule has 0 saturated heterocycles. The topological polar surface area (TPSA) is 72.5 Å². The molecule has 0 fully saturated rings. The first-order chi connectivity index (χ1) is 19.7. The summed E-state index contributed by atoms with van der Waals surface area (Å²) in [6.07, 6.45) is -10.6. The van der Waals surface area contributed by atoms with Gasteiger partial charge in [0.2, 0.25) is 0 Å². The normalized spacial score (nSPS) is 15.9. The first-order valence-corrected chi connectivity index (χ1v) is 14.0. The molecule has 17 heteroatoms. The monoisotopic (exact) mass is 642 g/mol. The minimum Gasteiger partial charge on any atom is -0.748 e. The molecule has 0 atom stereocenters. The van der Waals surface area contributed by atoms with Gasteiger partial charge < -0.3 is 14.4 Å². The molecule has 2 aromatic carbocycles. The van der Waals surface area contributed by atoms with Crippen LogP contribution in [0, 0.1) is 0 Å². The second-order valence-electron chi connectivity index (χ2n) is 9.56. The highest BCUT2D eigenvalue weighted by atomic mass is 32.2. The first kappa shape index (κ1) is 32.2. The number of hydrogen-bond donors (Lipinski definition) is 0. The van der Waals surface area contributed by atoms with Crippen molar-refractivity contribution in [3.8, 4) is 0 Å². The van der Waals surface area contributed by atoms with Crippen LogP contribution in [0.25, 0.3) is 17.1 Å². The number of anilines is 2. The van der Waals surface area contributed by atoms with Crippen LogP contribution in [0.4, 0.5) is 50.9 Å². The number of alkyl halides is 9. The van der Waals surface area contributed by atoms with Crippen LogP contribution in [-0.4, -0.2) is 42.6 Å². The Morgan fingerprint density at radius 1 is 0.884 bits per heavy atom. The molecule has 0 unspecified atom stereocenters. The summed E-state index contributed by atoms with van der Waals surface area (Å²) in [6, 6.07) is 5.17. The van der Waals surface area contributed by atoms with Gasteiger partial charge in [-0.05, 0) is 43.3 Å². The summed E-state index contributed by atoms with van der Waals surface area (Å²) in [5.41, 5.74) is -2.24. The summed E-state index contributed by atoms with van der Waals surface area (Å²) in [5, 5.41) is 0. The number of hydrogen-bond acceptors (Lipinski definition) is 5. The van der Waals surface area contributed by atoms with Gasteiger partial charge in [-0.3, -0.25) is 0 Å². The van der Waals surface area contributed by atoms with E-state index in [-0.39, 0.29) is 40.6 Å². The van der Waals surface area contributed by atoms with Gasteiger partial charge in [-0.25, -0.2) is 17.6 Å². The molecule has 0 radical (unpaired) electrons. The minimum absolute atomic E-state index is 0.0601. The molecule has 0 N–H and O–H groups in total. The fraction of sp³-hybridized carbons (Fsp3) is 0.346. The Hall–Kier alpha value is -3.73. The molecule has 0 amide bonds. The molecule has 0 saturated carbocycles. The van der Waals surface area contributed by atoms with Crippen molar-refractivity contribution in [2.45, 2.75) is 32.0 Å². The van der Waals surface area contributed by atoms with Crippen LogP contribution in [-0.2, 0) is 36.1 Å². The summed E-state index contributed by atoms with van der Waals surface area (Å²) in [6.45, 7) is -0.502. The molecule has 0 bridgehead atoms. The van der Waals surface area contributed by atoms with Gasteiger partial charge in [0.05, 0.1) is 45.4 Å². The van der Waals surface area contributed by atoms with Crippen molar-refractivity contribution in [2.24, 2.45) is 7.05 Å². The molecule has 3 aromatic rings. The van der Waals surface area contributed by atoms with E-state index in [9.17, 15) is 52.5 Å². The van der Waals surface area contributed by atoms with E-state index in [1.807, 2.05) is 0 Å². The Morgan fingerprint density at radius 2 is 1.49 bits per heavy atom. The average molecular weight is 643 g/mol. The Balaban J connectivity index is 1.85. The van der Waals surface area contributed by atoms with Crippen molar-refractivity contribution in [3.05, 3.63) is 71.3 Å². The van der Waals surface area contributed by atoms with Crippen molar-refractivity contribution in [2.75, 3.05) is 28.6 Å². The van der Waals surface area contributed by atoms with Gasteiger partial charge in [-0.2, -0.15) is 39.5 Å². The van der Waals surface area contributed by atoms with E-state index in [4.69, 9.17) is 0 Å². The molecule has 234 valence electrons. The zero-order valence-electron chi connectivity index (χ0n) is 22.3. The number of aryl methyl sites for hydroxylation is 2. The maximum absolute atomic E-state index is 13.6. The zero-order chi connectivity index (χ0) is 32.1. The fourth-order valence-corrected chi connectivity index (χ4v) is 5.29. The van der Waals surface area contributed by atoms with E-state index in [1.165, 1.54) is 34.7 Å². The zero-order valence-corrected chi connectivity index (χ0v) is 23.2. The number of allylic oxidation sites excluding steroid dienone is 2. The van der Waals surface area contributed by atoms with E-state index < -0.39 is 58.6 Å². The maximum atomic E-state index is 13.6. The average Bonchev–Trinajstić information content (AvgIpc) is 3.30. The second kappa shape index (κ2) is 11.1. The number of nitrogens with zero attached hydrogens (tertiary/aromatic N) is 4. The minimum atomic E-state index is -4.81. The number of aromatic nitrogens is 2. The molecule has 1 aromatic heterocycles. The predicted octanol–water partition coefficient (Wildman–Crippen LogP) is 5.81. The Labute approximate surface area is 239 Å². The van der Waals surface area contributed by atoms with Crippen LogP contribution >= 0.6 is 0 Å². The predicted molar refractivity (Wildman–Crippen MR) is 138 cm³/mol. The van der Waals surface area contributed by atoms with Crippen molar-refractivity contribution < 1.29 is 57.1 Å². The van der Waals surface area contributed by atoms with Crippen LogP contribution < -0.4 is 14.4 Å². The van der Waals surface area contributed by atoms with Gasteiger partial charge in [-0.15, -0.1) is 0 Å². The lowest BCUT2D eigenvalue weighted by molar-refractivity contribution is -0.647. The summed E-state index contributed by atoms with van der Waals surface area (Å²) in [5.74, 6) is -0.998. The Bertz CT molecular complexity index is 1710. The summed E-state index contributed by atoms with van der Waals surface area (Å²) in [7, 11) is -3.34.